The van der Waals surface area contributed by atoms with Crippen LogP contribution in [-0.2, 0) is 0 Å². The molecule has 21 heavy (non-hydrogen) atoms. The molecule has 114 valence electrons. The summed E-state index contributed by atoms with van der Waals surface area (Å²) in [4.78, 5) is 14.3. The van der Waals surface area contributed by atoms with E-state index in [9.17, 15) is 4.79 Å². The van der Waals surface area contributed by atoms with E-state index in [1.165, 1.54) is 4.41 Å². The van der Waals surface area contributed by atoms with Crippen molar-refractivity contribution in [2.75, 3.05) is 4.90 Å². The molecule has 0 aromatic heterocycles. The van der Waals surface area contributed by atoms with Gasteiger partial charge in [-0.15, -0.1) is 0 Å². The topological polar surface area (TPSA) is 35.6 Å². The van der Waals surface area contributed by atoms with Crippen LogP contribution in [-0.4, -0.2) is 19.7 Å². The minimum Gasteiger partial charge on any atom is -0.275 e. The highest BCUT2D eigenvalue weighted by atomic mass is 79.9. The number of anilines is 1. The van der Waals surface area contributed by atoms with Crippen LogP contribution in [0.3, 0.4) is 0 Å². The number of hydrogen-bond donors (Lipinski definition) is 1. The maximum atomic E-state index is 12.6. The van der Waals surface area contributed by atoms with E-state index in [-0.39, 0.29) is 12.2 Å². The Labute approximate surface area is 150 Å². The lowest BCUT2D eigenvalue weighted by Gasteiger charge is -2.22. The zero-order valence-electron chi connectivity index (χ0n) is 10.6. The maximum absolute atomic E-state index is 12.6. The Kier molecular flexibility index (Phi) is 4.56. The van der Waals surface area contributed by atoms with Gasteiger partial charge in [-0.05, 0) is 43.0 Å². The molecule has 0 bridgehead atoms. The monoisotopic (exact) mass is 429 g/mol. The minimum absolute atomic E-state index is 0.0986. The Hall–Kier alpha value is 0.150. The first-order valence-electron chi connectivity index (χ1n) is 6.26. The van der Waals surface area contributed by atoms with Crippen molar-refractivity contribution in [3.05, 3.63) is 28.7 Å². The molecule has 1 aliphatic carbocycles. The average Bonchev–Trinajstić information content (AvgIpc) is 3.17. The summed E-state index contributed by atoms with van der Waals surface area (Å²) >= 11 is 21.5. The summed E-state index contributed by atoms with van der Waals surface area (Å²) in [5, 5.41) is 0. The Balaban J connectivity index is 1.86. The SMILES string of the molecule is O=C1N(SC(Cl)(Cl)Cl)NC(C2CC2)N1c1ccc(Br)cc1. The number of alkyl halides is 3. The third-order valence-corrected chi connectivity index (χ3v) is 5.08. The van der Waals surface area contributed by atoms with Gasteiger partial charge in [0.05, 0.1) is 0 Å². The van der Waals surface area contributed by atoms with Crippen molar-refractivity contribution in [3.63, 3.8) is 0 Å². The maximum Gasteiger partial charge on any atom is 0.350 e. The minimum atomic E-state index is -1.59. The Morgan fingerprint density at radius 2 is 1.86 bits per heavy atom. The van der Waals surface area contributed by atoms with Gasteiger partial charge in [0.15, 0.2) is 0 Å². The van der Waals surface area contributed by atoms with E-state index in [1.54, 1.807) is 4.90 Å². The van der Waals surface area contributed by atoms with Crippen LogP contribution in [0.2, 0.25) is 0 Å². The molecule has 2 aliphatic rings. The fraction of sp³-hybridized carbons (Fsp3) is 0.417. The van der Waals surface area contributed by atoms with Gasteiger partial charge in [0.2, 0.25) is 0 Å². The molecule has 1 atom stereocenters. The fourth-order valence-corrected chi connectivity index (χ4v) is 3.64. The van der Waals surface area contributed by atoms with Crippen molar-refractivity contribution in [3.8, 4) is 0 Å². The lowest BCUT2D eigenvalue weighted by molar-refractivity contribution is 0.236. The molecule has 2 fully saturated rings. The van der Waals surface area contributed by atoms with Gasteiger partial charge in [0.1, 0.15) is 6.17 Å². The van der Waals surface area contributed by atoms with Gasteiger partial charge < -0.3 is 0 Å². The summed E-state index contributed by atoms with van der Waals surface area (Å²) in [6, 6.07) is 7.35. The standard InChI is InChI=1S/C12H11BrCl3N3OS/c13-8-3-5-9(6-4-8)18-10(7-1-2-7)17-19(11(18)20)21-12(14,15)16/h3-7,10,17H,1-2H2. The van der Waals surface area contributed by atoms with Crippen molar-refractivity contribution in [1.82, 2.24) is 9.84 Å². The first-order valence-corrected chi connectivity index (χ1v) is 8.96. The largest absolute Gasteiger partial charge is 0.350 e. The highest BCUT2D eigenvalue weighted by Crippen LogP contribution is 2.45. The molecule has 1 saturated heterocycles. The lowest BCUT2D eigenvalue weighted by Crippen LogP contribution is -2.39. The Morgan fingerprint density at radius 1 is 1.24 bits per heavy atom. The number of amides is 2. The van der Waals surface area contributed by atoms with Gasteiger partial charge in [-0.1, -0.05) is 50.7 Å². The molecule has 1 aromatic rings. The highest BCUT2D eigenvalue weighted by molar-refractivity contribution is 9.10. The summed E-state index contributed by atoms with van der Waals surface area (Å²) in [7, 11) is 0. The number of rotatable bonds is 3. The van der Waals surface area contributed by atoms with E-state index in [0.29, 0.717) is 5.92 Å². The second kappa shape index (κ2) is 5.98. The van der Waals surface area contributed by atoms with Gasteiger partial charge in [-0.25, -0.2) is 4.79 Å². The van der Waals surface area contributed by atoms with Crippen LogP contribution < -0.4 is 10.3 Å². The second-order valence-electron chi connectivity index (χ2n) is 4.87. The number of hydrogen-bond acceptors (Lipinski definition) is 3. The predicted molar refractivity (Wildman–Crippen MR) is 91.4 cm³/mol. The average molecular weight is 432 g/mol. The van der Waals surface area contributed by atoms with E-state index in [1.807, 2.05) is 24.3 Å². The Bertz CT molecular complexity index is 550. The molecule has 1 unspecified atom stereocenters. The molecule has 1 aromatic carbocycles. The second-order valence-corrected chi connectivity index (χ2v) is 9.90. The first-order chi connectivity index (χ1) is 9.85. The van der Waals surface area contributed by atoms with Crippen LogP contribution in [0.4, 0.5) is 10.5 Å². The zero-order chi connectivity index (χ0) is 15.2. The molecule has 2 amide bonds. The molecule has 1 aliphatic heterocycles. The highest BCUT2D eigenvalue weighted by Gasteiger charge is 2.48. The quantitative estimate of drug-likeness (QED) is 0.546. The molecule has 9 heteroatoms. The van der Waals surface area contributed by atoms with Crippen LogP contribution in [0.15, 0.2) is 28.7 Å². The zero-order valence-corrected chi connectivity index (χ0v) is 15.3. The molecular formula is C12H11BrCl3N3OS. The van der Waals surface area contributed by atoms with Crippen LogP contribution >= 0.6 is 62.7 Å². The summed E-state index contributed by atoms with van der Waals surface area (Å²) in [6.07, 6.45) is 2.08. The fourth-order valence-electron chi connectivity index (χ4n) is 2.22. The van der Waals surface area contributed by atoms with Gasteiger partial charge >= 0.3 is 6.03 Å². The normalized spacial score (nSPS) is 23.0. The lowest BCUT2D eigenvalue weighted by atomic mass is 10.2. The number of hydrazine groups is 1. The third kappa shape index (κ3) is 3.74. The van der Waals surface area contributed by atoms with Crippen LogP contribution in [0.5, 0.6) is 0 Å². The van der Waals surface area contributed by atoms with Crippen molar-refractivity contribution >= 4 is 74.4 Å². The number of carbonyl (C=O) groups is 1. The first kappa shape index (κ1) is 16.0. The van der Waals surface area contributed by atoms with E-state index < -0.39 is 3.12 Å². The van der Waals surface area contributed by atoms with Crippen LogP contribution in [0.1, 0.15) is 12.8 Å². The number of halogens is 4. The van der Waals surface area contributed by atoms with Crippen LogP contribution in [0, 0.1) is 5.92 Å². The summed E-state index contributed by atoms with van der Waals surface area (Å²) in [6.45, 7) is 0. The van der Waals surface area contributed by atoms with E-state index in [2.05, 4.69) is 21.4 Å². The Morgan fingerprint density at radius 3 is 2.38 bits per heavy atom. The van der Waals surface area contributed by atoms with Gasteiger partial charge in [0, 0.05) is 22.1 Å². The van der Waals surface area contributed by atoms with Crippen LogP contribution in [0.25, 0.3) is 0 Å². The number of urea groups is 1. The molecular weight excluding hydrogens is 420 g/mol. The molecule has 4 nitrogen and oxygen atoms in total. The van der Waals surface area contributed by atoms with Crippen molar-refractivity contribution in [2.24, 2.45) is 5.92 Å². The van der Waals surface area contributed by atoms with Crippen molar-refractivity contribution in [1.29, 1.82) is 0 Å². The molecule has 1 saturated carbocycles. The van der Waals surface area contributed by atoms with Gasteiger partial charge in [0.25, 0.3) is 3.12 Å². The summed E-state index contributed by atoms with van der Waals surface area (Å²) in [5.41, 5.74) is 3.95. The smallest absolute Gasteiger partial charge is 0.275 e. The van der Waals surface area contributed by atoms with Crippen molar-refractivity contribution < 1.29 is 4.79 Å². The molecule has 1 N–H and O–H groups in total. The van der Waals surface area contributed by atoms with E-state index in [4.69, 9.17) is 34.8 Å². The van der Waals surface area contributed by atoms with Gasteiger partial charge in [-0.3, -0.25) is 4.90 Å². The number of nitrogens with one attached hydrogen (secondary N) is 1. The van der Waals surface area contributed by atoms with E-state index >= 15 is 0 Å². The predicted octanol–water partition coefficient (Wildman–Crippen LogP) is 4.91. The van der Waals surface area contributed by atoms with Crippen molar-refractivity contribution in [2.45, 2.75) is 22.1 Å². The number of carbonyl (C=O) groups excluding carboxylic acids is 1. The molecule has 1 heterocycles. The summed E-state index contributed by atoms with van der Waals surface area (Å²) in [5.74, 6) is 0.429. The van der Waals surface area contributed by atoms with Gasteiger partial charge in [-0.2, -0.15) is 9.84 Å². The molecule has 0 radical (unpaired) electrons. The molecule has 0 spiro atoms. The third-order valence-electron chi connectivity index (χ3n) is 3.28. The van der Waals surface area contributed by atoms with E-state index in [0.717, 1.165) is 34.9 Å². The number of benzene rings is 1. The number of nitrogens with zero attached hydrogens (tertiary/aromatic N) is 2. The molecule has 3 rings (SSSR count). The summed E-state index contributed by atoms with van der Waals surface area (Å²) < 4.78 is 0.672.